The summed E-state index contributed by atoms with van der Waals surface area (Å²) in [5, 5.41) is 0. The van der Waals surface area contributed by atoms with Gasteiger partial charge in [-0.05, 0) is 43.2 Å². The van der Waals surface area contributed by atoms with E-state index in [2.05, 4.69) is 0 Å². The zero-order valence-electron chi connectivity index (χ0n) is 15.0. The summed E-state index contributed by atoms with van der Waals surface area (Å²) in [5.41, 5.74) is 2.66. The van der Waals surface area contributed by atoms with Crippen LogP contribution < -0.4 is 4.74 Å². The molecular formula is C20H23NO4S. The molecule has 1 heterocycles. The summed E-state index contributed by atoms with van der Waals surface area (Å²) >= 11 is 0. The normalized spacial score (nSPS) is 18.5. The maximum atomic E-state index is 13.1. The first-order valence-electron chi connectivity index (χ1n) is 8.59. The molecule has 3 rings (SSSR count). The van der Waals surface area contributed by atoms with Crippen LogP contribution in [0.25, 0.3) is 0 Å². The minimum Gasteiger partial charge on any atom is -0.497 e. The fraction of sp³-hybridized carbons (Fsp3) is 0.350. The number of amides is 1. The monoisotopic (exact) mass is 373 g/mol. The standard InChI is InChI=1S/C20H23NO4S/c1-15-3-5-16(6-4-15)13-21(18-11-12-26(23,24)14-18)20(22)17-7-9-19(25-2)10-8-17/h3-10,18H,11-14H2,1-2H3. The molecular weight excluding hydrogens is 350 g/mol. The minimum absolute atomic E-state index is 0.0285. The van der Waals surface area contributed by atoms with Crippen LogP contribution >= 0.6 is 0 Å². The number of sulfone groups is 1. The van der Waals surface area contributed by atoms with E-state index in [4.69, 9.17) is 4.74 Å². The number of benzene rings is 2. The number of aryl methyl sites for hydroxylation is 1. The molecule has 0 aromatic heterocycles. The summed E-state index contributed by atoms with van der Waals surface area (Å²) in [6.45, 7) is 2.40. The van der Waals surface area contributed by atoms with Crippen LogP contribution in [0.15, 0.2) is 48.5 Å². The third-order valence-electron chi connectivity index (χ3n) is 4.72. The van der Waals surface area contributed by atoms with Gasteiger partial charge in [0, 0.05) is 18.2 Å². The van der Waals surface area contributed by atoms with E-state index >= 15 is 0 Å². The molecule has 0 saturated carbocycles. The number of hydrogen-bond donors (Lipinski definition) is 0. The lowest BCUT2D eigenvalue weighted by molar-refractivity contribution is 0.0681. The first-order valence-corrected chi connectivity index (χ1v) is 10.4. The Labute approximate surface area is 154 Å². The first-order chi connectivity index (χ1) is 12.4. The highest BCUT2D eigenvalue weighted by Gasteiger charge is 2.35. The van der Waals surface area contributed by atoms with Crippen LogP contribution in [0.2, 0.25) is 0 Å². The van der Waals surface area contributed by atoms with Crippen LogP contribution in [0.5, 0.6) is 5.75 Å². The van der Waals surface area contributed by atoms with E-state index in [1.54, 1.807) is 36.3 Å². The van der Waals surface area contributed by atoms with Crippen molar-refractivity contribution in [3.05, 3.63) is 65.2 Å². The van der Waals surface area contributed by atoms with Gasteiger partial charge in [-0.2, -0.15) is 0 Å². The summed E-state index contributed by atoms with van der Waals surface area (Å²) in [6, 6.07) is 14.6. The molecule has 0 aliphatic carbocycles. The summed E-state index contributed by atoms with van der Waals surface area (Å²) < 4.78 is 29.0. The average Bonchev–Trinajstić information content (AvgIpc) is 3.00. The van der Waals surface area contributed by atoms with Crippen molar-refractivity contribution >= 4 is 15.7 Å². The summed E-state index contributed by atoms with van der Waals surface area (Å²) in [4.78, 5) is 14.8. The molecule has 5 nitrogen and oxygen atoms in total. The number of rotatable bonds is 5. The van der Waals surface area contributed by atoms with Gasteiger partial charge in [0.1, 0.15) is 5.75 Å². The number of nitrogens with zero attached hydrogens (tertiary/aromatic N) is 1. The molecule has 1 fully saturated rings. The van der Waals surface area contributed by atoms with Gasteiger partial charge in [-0.15, -0.1) is 0 Å². The summed E-state index contributed by atoms with van der Waals surface area (Å²) in [6.07, 6.45) is 0.482. The molecule has 1 aliphatic rings. The van der Waals surface area contributed by atoms with Crippen LogP contribution in [-0.4, -0.2) is 43.9 Å². The minimum atomic E-state index is -3.08. The van der Waals surface area contributed by atoms with Gasteiger partial charge in [-0.25, -0.2) is 8.42 Å². The highest BCUT2D eigenvalue weighted by atomic mass is 32.2. The molecule has 1 atom stereocenters. The number of methoxy groups -OCH3 is 1. The van der Waals surface area contributed by atoms with Crippen LogP contribution in [0.1, 0.15) is 27.9 Å². The van der Waals surface area contributed by atoms with Gasteiger partial charge in [0.25, 0.3) is 5.91 Å². The Kier molecular flexibility index (Phi) is 5.32. The van der Waals surface area contributed by atoms with Gasteiger partial charge in [-0.1, -0.05) is 29.8 Å². The quantitative estimate of drug-likeness (QED) is 0.808. The van der Waals surface area contributed by atoms with E-state index in [1.165, 1.54) is 0 Å². The molecule has 1 unspecified atom stereocenters. The molecule has 0 radical (unpaired) electrons. The van der Waals surface area contributed by atoms with Gasteiger partial charge in [0.2, 0.25) is 0 Å². The molecule has 0 spiro atoms. The highest BCUT2D eigenvalue weighted by molar-refractivity contribution is 7.91. The Balaban J connectivity index is 1.88. The fourth-order valence-corrected chi connectivity index (χ4v) is 4.91. The zero-order valence-corrected chi connectivity index (χ0v) is 15.8. The number of carbonyl (C=O) groups is 1. The van der Waals surface area contributed by atoms with Crippen molar-refractivity contribution in [3.8, 4) is 5.75 Å². The predicted molar refractivity (Wildman–Crippen MR) is 101 cm³/mol. The van der Waals surface area contributed by atoms with Gasteiger partial charge in [-0.3, -0.25) is 4.79 Å². The Morgan fingerprint density at radius 1 is 1.12 bits per heavy atom. The molecule has 6 heteroatoms. The van der Waals surface area contributed by atoms with Crippen molar-refractivity contribution in [2.24, 2.45) is 0 Å². The van der Waals surface area contributed by atoms with Gasteiger partial charge in [0.05, 0.1) is 18.6 Å². The SMILES string of the molecule is COc1ccc(C(=O)N(Cc2ccc(C)cc2)C2CCS(=O)(=O)C2)cc1. The molecule has 2 aromatic rings. The van der Waals surface area contributed by atoms with Crippen molar-refractivity contribution in [1.29, 1.82) is 0 Å². The average molecular weight is 373 g/mol. The number of ether oxygens (including phenoxy) is 1. The molecule has 0 bridgehead atoms. The Bertz CT molecular complexity index is 873. The molecule has 1 aliphatic heterocycles. The smallest absolute Gasteiger partial charge is 0.254 e. The molecule has 0 N–H and O–H groups in total. The Hall–Kier alpha value is -2.34. The van der Waals surface area contributed by atoms with E-state index < -0.39 is 9.84 Å². The van der Waals surface area contributed by atoms with Crippen molar-refractivity contribution < 1.29 is 17.9 Å². The van der Waals surface area contributed by atoms with Gasteiger partial charge < -0.3 is 9.64 Å². The highest BCUT2D eigenvalue weighted by Crippen LogP contribution is 2.23. The Morgan fingerprint density at radius 3 is 2.31 bits per heavy atom. The summed E-state index contributed by atoms with van der Waals surface area (Å²) in [7, 11) is -1.51. The lowest BCUT2D eigenvalue weighted by Gasteiger charge is -2.28. The molecule has 138 valence electrons. The number of hydrogen-bond acceptors (Lipinski definition) is 4. The second-order valence-electron chi connectivity index (χ2n) is 6.70. The lowest BCUT2D eigenvalue weighted by Crippen LogP contribution is -2.40. The largest absolute Gasteiger partial charge is 0.497 e. The predicted octanol–water partition coefficient (Wildman–Crippen LogP) is 2.83. The van der Waals surface area contributed by atoms with Crippen LogP contribution in [0.4, 0.5) is 0 Å². The third kappa shape index (κ3) is 4.25. The van der Waals surface area contributed by atoms with Crippen molar-refractivity contribution in [2.45, 2.75) is 25.9 Å². The maximum Gasteiger partial charge on any atom is 0.254 e. The van der Waals surface area contributed by atoms with Gasteiger partial charge >= 0.3 is 0 Å². The molecule has 1 amide bonds. The van der Waals surface area contributed by atoms with Gasteiger partial charge in [0.15, 0.2) is 9.84 Å². The molecule has 2 aromatic carbocycles. The maximum absolute atomic E-state index is 13.1. The third-order valence-corrected chi connectivity index (χ3v) is 6.47. The lowest BCUT2D eigenvalue weighted by atomic mass is 10.1. The molecule has 1 saturated heterocycles. The fourth-order valence-electron chi connectivity index (χ4n) is 3.18. The molecule has 26 heavy (non-hydrogen) atoms. The zero-order chi connectivity index (χ0) is 18.7. The van der Waals surface area contributed by atoms with Crippen molar-refractivity contribution in [1.82, 2.24) is 4.90 Å². The van der Waals surface area contributed by atoms with Crippen LogP contribution in [0, 0.1) is 6.92 Å². The van der Waals surface area contributed by atoms with E-state index in [9.17, 15) is 13.2 Å². The second-order valence-corrected chi connectivity index (χ2v) is 8.93. The van der Waals surface area contributed by atoms with Crippen molar-refractivity contribution in [3.63, 3.8) is 0 Å². The first kappa shape index (κ1) is 18.5. The van der Waals surface area contributed by atoms with E-state index in [0.717, 1.165) is 11.1 Å². The van der Waals surface area contributed by atoms with E-state index in [-0.39, 0.29) is 23.5 Å². The van der Waals surface area contributed by atoms with Crippen LogP contribution in [0.3, 0.4) is 0 Å². The topological polar surface area (TPSA) is 63.7 Å². The summed E-state index contributed by atoms with van der Waals surface area (Å²) in [5.74, 6) is 0.684. The van der Waals surface area contributed by atoms with Crippen molar-refractivity contribution in [2.75, 3.05) is 18.6 Å². The van der Waals surface area contributed by atoms with E-state index in [1.807, 2.05) is 31.2 Å². The van der Waals surface area contributed by atoms with Crippen LogP contribution in [-0.2, 0) is 16.4 Å². The number of carbonyl (C=O) groups excluding carboxylic acids is 1. The Morgan fingerprint density at radius 2 is 1.77 bits per heavy atom. The van der Waals surface area contributed by atoms with E-state index in [0.29, 0.717) is 24.3 Å². The second kappa shape index (κ2) is 7.50.